The fraction of sp³-hybridized carbons (Fsp3) is 0.312. The largest absolute Gasteiger partial charge is 0.384 e. The van der Waals surface area contributed by atoms with Gasteiger partial charge in [0.05, 0.1) is 0 Å². The van der Waals surface area contributed by atoms with E-state index in [0.717, 1.165) is 18.8 Å². The van der Waals surface area contributed by atoms with E-state index in [1.54, 1.807) is 0 Å². The van der Waals surface area contributed by atoms with Crippen LogP contribution >= 0.6 is 0 Å². The molecule has 0 atom stereocenters. The van der Waals surface area contributed by atoms with Crippen LogP contribution in [0.25, 0.3) is 11.1 Å². The molecule has 0 amide bonds. The van der Waals surface area contributed by atoms with Crippen molar-refractivity contribution in [2.24, 2.45) is 0 Å². The van der Waals surface area contributed by atoms with Gasteiger partial charge in [0.2, 0.25) is 0 Å². The number of hydrogen-bond acceptors (Lipinski definition) is 3. The van der Waals surface area contributed by atoms with E-state index in [0.29, 0.717) is 6.04 Å². The first-order valence-corrected chi connectivity index (χ1v) is 6.82. The summed E-state index contributed by atoms with van der Waals surface area (Å²) in [5.41, 5.74) is 5.09. The van der Waals surface area contributed by atoms with Gasteiger partial charge in [0.25, 0.3) is 0 Å². The zero-order chi connectivity index (χ0) is 13.2. The molecule has 2 aromatic rings. The molecule has 1 aliphatic heterocycles. The lowest BCUT2D eigenvalue weighted by molar-refractivity contribution is 0.889. The van der Waals surface area contributed by atoms with Crippen LogP contribution in [0.15, 0.2) is 36.5 Å². The minimum absolute atomic E-state index is 0.407. The quantitative estimate of drug-likeness (QED) is 0.878. The topological polar surface area (TPSA) is 37.0 Å². The van der Waals surface area contributed by atoms with Crippen LogP contribution in [0.3, 0.4) is 0 Å². The lowest BCUT2D eigenvalue weighted by Gasteiger charge is -2.10. The molecule has 2 N–H and O–H groups in total. The summed E-state index contributed by atoms with van der Waals surface area (Å²) in [7, 11) is 0. The van der Waals surface area contributed by atoms with Crippen molar-refractivity contribution < 1.29 is 0 Å². The molecule has 98 valence electrons. The van der Waals surface area contributed by atoms with Crippen molar-refractivity contribution in [2.75, 3.05) is 17.2 Å². The molecule has 2 heterocycles. The highest BCUT2D eigenvalue weighted by molar-refractivity contribution is 5.70. The van der Waals surface area contributed by atoms with E-state index in [4.69, 9.17) is 0 Å². The molecule has 0 radical (unpaired) electrons. The Morgan fingerprint density at radius 2 is 2.00 bits per heavy atom. The first-order chi connectivity index (χ1) is 9.22. The Morgan fingerprint density at radius 1 is 1.16 bits per heavy atom. The third-order valence-corrected chi connectivity index (χ3v) is 3.35. The van der Waals surface area contributed by atoms with Crippen molar-refractivity contribution in [3.63, 3.8) is 0 Å². The second-order valence-corrected chi connectivity index (χ2v) is 5.28. The molecule has 0 fully saturated rings. The standard InChI is InChI=1S/C16H19N3/c1-11(2)19-16-6-4-14(10-18-16)12-3-5-15-13(9-12)7-8-17-15/h3-6,9-11,17H,7-8H2,1-2H3,(H,18,19). The van der Waals surface area contributed by atoms with E-state index >= 15 is 0 Å². The van der Waals surface area contributed by atoms with Gasteiger partial charge < -0.3 is 10.6 Å². The van der Waals surface area contributed by atoms with Crippen LogP contribution in [-0.4, -0.2) is 17.6 Å². The predicted octanol–water partition coefficient (Wildman–Crippen LogP) is 3.54. The molecule has 0 saturated carbocycles. The summed E-state index contributed by atoms with van der Waals surface area (Å²) < 4.78 is 0. The molecule has 3 rings (SSSR count). The average Bonchev–Trinajstić information content (AvgIpc) is 2.86. The van der Waals surface area contributed by atoms with Gasteiger partial charge in [0.1, 0.15) is 5.82 Å². The maximum Gasteiger partial charge on any atom is 0.126 e. The second-order valence-electron chi connectivity index (χ2n) is 5.28. The minimum Gasteiger partial charge on any atom is -0.384 e. The Morgan fingerprint density at radius 3 is 2.74 bits per heavy atom. The summed E-state index contributed by atoms with van der Waals surface area (Å²) in [4.78, 5) is 4.46. The number of pyridine rings is 1. The van der Waals surface area contributed by atoms with Crippen molar-refractivity contribution in [2.45, 2.75) is 26.3 Å². The predicted molar refractivity (Wildman–Crippen MR) is 80.6 cm³/mol. The molecule has 0 unspecified atom stereocenters. The highest BCUT2D eigenvalue weighted by atomic mass is 15.0. The summed E-state index contributed by atoms with van der Waals surface area (Å²) in [5.74, 6) is 0.932. The molecule has 3 heteroatoms. The van der Waals surface area contributed by atoms with Gasteiger partial charge in [-0.2, -0.15) is 0 Å². The summed E-state index contributed by atoms with van der Waals surface area (Å²) in [5, 5.41) is 6.69. The summed E-state index contributed by atoms with van der Waals surface area (Å²) in [6.45, 7) is 5.28. The van der Waals surface area contributed by atoms with Crippen molar-refractivity contribution in [1.29, 1.82) is 0 Å². The third-order valence-electron chi connectivity index (χ3n) is 3.35. The van der Waals surface area contributed by atoms with Crippen molar-refractivity contribution >= 4 is 11.5 Å². The molecular formula is C16H19N3. The van der Waals surface area contributed by atoms with Crippen molar-refractivity contribution in [3.8, 4) is 11.1 Å². The van der Waals surface area contributed by atoms with Crippen LogP contribution in [0.1, 0.15) is 19.4 Å². The SMILES string of the molecule is CC(C)Nc1ccc(-c2ccc3c(c2)CCN3)cn1. The molecule has 1 aromatic carbocycles. The minimum atomic E-state index is 0.407. The summed E-state index contributed by atoms with van der Waals surface area (Å²) in [6.07, 6.45) is 3.05. The zero-order valence-electron chi connectivity index (χ0n) is 11.4. The van der Waals surface area contributed by atoms with E-state index in [2.05, 4.69) is 53.7 Å². The van der Waals surface area contributed by atoms with E-state index in [-0.39, 0.29) is 0 Å². The molecule has 0 bridgehead atoms. The van der Waals surface area contributed by atoms with E-state index in [9.17, 15) is 0 Å². The van der Waals surface area contributed by atoms with Crippen LogP contribution in [0.4, 0.5) is 11.5 Å². The Hall–Kier alpha value is -2.03. The monoisotopic (exact) mass is 253 g/mol. The molecule has 1 aromatic heterocycles. The van der Waals surface area contributed by atoms with Gasteiger partial charge >= 0.3 is 0 Å². The molecular weight excluding hydrogens is 234 g/mol. The lowest BCUT2D eigenvalue weighted by Crippen LogP contribution is -2.10. The summed E-state index contributed by atoms with van der Waals surface area (Å²) in [6, 6.07) is 11.2. The lowest BCUT2D eigenvalue weighted by atomic mass is 10.0. The van der Waals surface area contributed by atoms with Gasteiger partial charge in [-0.25, -0.2) is 4.98 Å². The van der Waals surface area contributed by atoms with Gasteiger partial charge in [0.15, 0.2) is 0 Å². The highest BCUT2D eigenvalue weighted by Gasteiger charge is 2.10. The van der Waals surface area contributed by atoms with Crippen LogP contribution in [0.5, 0.6) is 0 Å². The van der Waals surface area contributed by atoms with Gasteiger partial charge in [-0.3, -0.25) is 0 Å². The number of aromatic nitrogens is 1. The number of nitrogens with one attached hydrogen (secondary N) is 2. The van der Waals surface area contributed by atoms with Crippen molar-refractivity contribution in [1.82, 2.24) is 4.98 Å². The Bertz CT molecular complexity index is 573. The molecule has 1 aliphatic rings. The number of fused-ring (bicyclic) bond motifs is 1. The first-order valence-electron chi connectivity index (χ1n) is 6.82. The van der Waals surface area contributed by atoms with E-state index in [1.165, 1.54) is 22.4 Å². The number of hydrogen-bond donors (Lipinski definition) is 2. The highest BCUT2D eigenvalue weighted by Crippen LogP contribution is 2.28. The van der Waals surface area contributed by atoms with Crippen LogP contribution in [0.2, 0.25) is 0 Å². The Labute approximate surface area is 114 Å². The number of nitrogens with zero attached hydrogens (tertiary/aromatic N) is 1. The summed E-state index contributed by atoms with van der Waals surface area (Å²) >= 11 is 0. The van der Waals surface area contributed by atoms with Gasteiger partial charge in [-0.1, -0.05) is 6.07 Å². The van der Waals surface area contributed by atoms with Crippen LogP contribution in [-0.2, 0) is 6.42 Å². The smallest absolute Gasteiger partial charge is 0.126 e. The number of benzene rings is 1. The maximum absolute atomic E-state index is 4.46. The first kappa shape index (κ1) is 12.0. The van der Waals surface area contributed by atoms with Crippen LogP contribution in [0, 0.1) is 0 Å². The maximum atomic E-state index is 4.46. The fourth-order valence-electron chi connectivity index (χ4n) is 2.43. The van der Waals surface area contributed by atoms with E-state index < -0.39 is 0 Å². The molecule has 19 heavy (non-hydrogen) atoms. The average molecular weight is 253 g/mol. The van der Waals surface area contributed by atoms with Gasteiger partial charge in [-0.15, -0.1) is 0 Å². The van der Waals surface area contributed by atoms with Crippen molar-refractivity contribution in [3.05, 3.63) is 42.1 Å². The molecule has 0 spiro atoms. The zero-order valence-corrected chi connectivity index (χ0v) is 11.4. The third kappa shape index (κ3) is 2.55. The van der Waals surface area contributed by atoms with Crippen LogP contribution < -0.4 is 10.6 Å². The molecule has 3 nitrogen and oxygen atoms in total. The molecule has 0 saturated heterocycles. The normalized spacial score (nSPS) is 13.2. The molecule has 0 aliphatic carbocycles. The Kier molecular flexibility index (Phi) is 3.11. The Balaban J connectivity index is 1.86. The second kappa shape index (κ2) is 4.92. The fourth-order valence-corrected chi connectivity index (χ4v) is 2.43. The van der Waals surface area contributed by atoms with Gasteiger partial charge in [-0.05, 0) is 55.7 Å². The van der Waals surface area contributed by atoms with E-state index in [1.807, 2.05) is 12.3 Å². The number of anilines is 2. The van der Waals surface area contributed by atoms with Gasteiger partial charge in [0, 0.05) is 30.0 Å². The number of rotatable bonds is 3.